The number of aryl methyl sites for hydroxylation is 1. The van der Waals surface area contributed by atoms with Gasteiger partial charge in [0, 0.05) is 26.1 Å². The van der Waals surface area contributed by atoms with Gasteiger partial charge in [-0.05, 0) is 24.8 Å². The van der Waals surface area contributed by atoms with E-state index in [1.807, 2.05) is 23.1 Å². The molecule has 1 aromatic rings. The Hall–Kier alpha value is -1.84. The standard InChI is InChI=1S/C19H28N2O2/c1-2-3-7-12-20-19(23)17-14-18(22)21(15-17)13-8-11-16-9-5-4-6-10-16/h4-6,9-10,17H,2-3,7-8,11-15H2,1H3,(H,20,23). The van der Waals surface area contributed by atoms with Gasteiger partial charge in [0.05, 0.1) is 5.92 Å². The molecule has 0 radical (unpaired) electrons. The maximum Gasteiger partial charge on any atom is 0.225 e. The second-order valence-electron chi connectivity index (χ2n) is 6.33. The summed E-state index contributed by atoms with van der Waals surface area (Å²) >= 11 is 0. The van der Waals surface area contributed by atoms with E-state index in [9.17, 15) is 9.59 Å². The van der Waals surface area contributed by atoms with Gasteiger partial charge in [0.25, 0.3) is 0 Å². The molecule has 1 saturated heterocycles. The molecule has 1 aromatic carbocycles. The summed E-state index contributed by atoms with van der Waals surface area (Å²) in [7, 11) is 0. The molecule has 1 unspecified atom stereocenters. The Morgan fingerprint density at radius 1 is 1.22 bits per heavy atom. The number of nitrogens with zero attached hydrogens (tertiary/aromatic N) is 1. The zero-order valence-corrected chi connectivity index (χ0v) is 14.1. The minimum Gasteiger partial charge on any atom is -0.356 e. The van der Waals surface area contributed by atoms with Crippen molar-refractivity contribution in [2.45, 2.75) is 45.4 Å². The van der Waals surface area contributed by atoms with Gasteiger partial charge in [-0.2, -0.15) is 0 Å². The highest BCUT2D eigenvalue weighted by atomic mass is 16.2. The van der Waals surface area contributed by atoms with Crippen LogP contribution in [0.1, 0.15) is 44.6 Å². The quantitative estimate of drug-likeness (QED) is 0.712. The third-order valence-electron chi connectivity index (χ3n) is 4.40. The normalized spacial score (nSPS) is 17.5. The molecule has 126 valence electrons. The monoisotopic (exact) mass is 316 g/mol. The van der Waals surface area contributed by atoms with E-state index in [0.717, 1.165) is 45.2 Å². The zero-order chi connectivity index (χ0) is 16.5. The zero-order valence-electron chi connectivity index (χ0n) is 14.1. The molecule has 4 nitrogen and oxygen atoms in total. The van der Waals surface area contributed by atoms with Gasteiger partial charge in [-0.1, -0.05) is 50.1 Å². The molecule has 0 saturated carbocycles. The second-order valence-corrected chi connectivity index (χ2v) is 6.33. The van der Waals surface area contributed by atoms with Gasteiger partial charge in [-0.15, -0.1) is 0 Å². The predicted octanol–water partition coefficient (Wildman–Crippen LogP) is 2.77. The highest BCUT2D eigenvalue weighted by molar-refractivity contribution is 5.89. The van der Waals surface area contributed by atoms with Crippen molar-refractivity contribution in [3.05, 3.63) is 35.9 Å². The fraction of sp³-hybridized carbons (Fsp3) is 0.579. The van der Waals surface area contributed by atoms with Crippen molar-refractivity contribution in [1.82, 2.24) is 10.2 Å². The van der Waals surface area contributed by atoms with Gasteiger partial charge in [0.15, 0.2) is 0 Å². The predicted molar refractivity (Wildman–Crippen MR) is 92.0 cm³/mol. The summed E-state index contributed by atoms with van der Waals surface area (Å²) in [5.41, 5.74) is 1.30. The molecule has 23 heavy (non-hydrogen) atoms. The van der Waals surface area contributed by atoms with E-state index in [2.05, 4.69) is 24.4 Å². The van der Waals surface area contributed by atoms with Crippen molar-refractivity contribution in [1.29, 1.82) is 0 Å². The number of hydrogen-bond donors (Lipinski definition) is 1. The van der Waals surface area contributed by atoms with Crippen LogP contribution in [-0.2, 0) is 16.0 Å². The lowest BCUT2D eigenvalue weighted by Gasteiger charge is -2.16. The van der Waals surface area contributed by atoms with Gasteiger partial charge in [-0.25, -0.2) is 0 Å². The summed E-state index contributed by atoms with van der Waals surface area (Å²) in [6.07, 6.45) is 5.58. The molecule has 2 rings (SSSR count). The van der Waals surface area contributed by atoms with Crippen LogP contribution >= 0.6 is 0 Å². The minimum atomic E-state index is -0.166. The van der Waals surface area contributed by atoms with Crippen LogP contribution in [-0.4, -0.2) is 36.3 Å². The Kier molecular flexibility index (Phi) is 7.11. The van der Waals surface area contributed by atoms with Crippen LogP contribution in [0, 0.1) is 5.92 Å². The molecule has 0 bridgehead atoms. The summed E-state index contributed by atoms with van der Waals surface area (Å²) < 4.78 is 0. The van der Waals surface area contributed by atoms with Crippen LogP contribution < -0.4 is 5.32 Å². The molecule has 1 aliphatic rings. The molecule has 2 amide bonds. The van der Waals surface area contributed by atoms with Crippen molar-refractivity contribution >= 4 is 11.8 Å². The maximum atomic E-state index is 12.1. The highest BCUT2D eigenvalue weighted by Crippen LogP contribution is 2.18. The summed E-state index contributed by atoms with van der Waals surface area (Å²) in [6, 6.07) is 10.3. The van der Waals surface area contributed by atoms with Gasteiger partial charge in [0.1, 0.15) is 0 Å². The molecule has 0 spiro atoms. The molecule has 1 fully saturated rings. The number of unbranched alkanes of at least 4 members (excludes halogenated alkanes) is 2. The Labute approximate surface area is 139 Å². The van der Waals surface area contributed by atoms with E-state index in [1.165, 1.54) is 5.56 Å². The van der Waals surface area contributed by atoms with Gasteiger partial charge >= 0.3 is 0 Å². The van der Waals surface area contributed by atoms with Crippen LogP contribution in [0.25, 0.3) is 0 Å². The lowest BCUT2D eigenvalue weighted by Crippen LogP contribution is -2.33. The Morgan fingerprint density at radius 3 is 2.74 bits per heavy atom. The van der Waals surface area contributed by atoms with E-state index in [4.69, 9.17) is 0 Å². The topological polar surface area (TPSA) is 49.4 Å². The van der Waals surface area contributed by atoms with Crippen molar-refractivity contribution in [3.8, 4) is 0 Å². The largest absolute Gasteiger partial charge is 0.356 e. The Bertz CT molecular complexity index is 501. The van der Waals surface area contributed by atoms with Crippen LogP contribution in [0.2, 0.25) is 0 Å². The number of benzene rings is 1. The molecule has 1 N–H and O–H groups in total. The molecular formula is C19H28N2O2. The molecule has 4 heteroatoms. The third-order valence-corrected chi connectivity index (χ3v) is 4.40. The lowest BCUT2D eigenvalue weighted by molar-refractivity contribution is -0.129. The average molecular weight is 316 g/mol. The average Bonchev–Trinajstić information content (AvgIpc) is 2.94. The number of carbonyl (C=O) groups excluding carboxylic acids is 2. The molecule has 1 atom stereocenters. The van der Waals surface area contributed by atoms with Crippen LogP contribution in [0.4, 0.5) is 0 Å². The summed E-state index contributed by atoms with van der Waals surface area (Å²) in [5, 5.41) is 2.96. The van der Waals surface area contributed by atoms with Crippen molar-refractivity contribution in [2.75, 3.05) is 19.6 Å². The van der Waals surface area contributed by atoms with E-state index < -0.39 is 0 Å². The lowest BCUT2D eigenvalue weighted by atomic mass is 10.1. The summed E-state index contributed by atoms with van der Waals surface area (Å²) in [5.74, 6) is -0.00682. The summed E-state index contributed by atoms with van der Waals surface area (Å²) in [4.78, 5) is 26.0. The smallest absolute Gasteiger partial charge is 0.225 e. The highest BCUT2D eigenvalue weighted by Gasteiger charge is 2.33. The van der Waals surface area contributed by atoms with E-state index in [1.54, 1.807) is 0 Å². The first-order valence-electron chi connectivity index (χ1n) is 8.80. The van der Waals surface area contributed by atoms with Crippen LogP contribution in [0.15, 0.2) is 30.3 Å². The molecule has 1 heterocycles. The van der Waals surface area contributed by atoms with Gasteiger partial charge in [0.2, 0.25) is 11.8 Å². The fourth-order valence-electron chi connectivity index (χ4n) is 3.01. The fourth-order valence-corrected chi connectivity index (χ4v) is 3.01. The number of carbonyl (C=O) groups is 2. The van der Waals surface area contributed by atoms with Crippen LogP contribution in [0.3, 0.4) is 0 Å². The number of rotatable bonds is 9. The van der Waals surface area contributed by atoms with E-state index in [-0.39, 0.29) is 17.7 Å². The minimum absolute atomic E-state index is 0.0417. The van der Waals surface area contributed by atoms with E-state index in [0.29, 0.717) is 13.0 Å². The van der Waals surface area contributed by atoms with E-state index >= 15 is 0 Å². The third kappa shape index (κ3) is 5.70. The maximum absolute atomic E-state index is 12.1. The molecule has 0 aromatic heterocycles. The second kappa shape index (κ2) is 9.33. The number of amides is 2. The molecule has 1 aliphatic heterocycles. The number of hydrogen-bond acceptors (Lipinski definition) is 2. The molecule has 0 aliphatic carbocycles. The molecular weight excluding hydrogens is 288 g/mol. The first kappa shape index (κ1) is 17.5. The Morgan fingerprint density at radius 2 is 2.00 bits per heavy atom. The summed E-state index contributed by atoms with van der Waals surface area (Å²) in [6.45, 7) is 4.19. The van der Waals surface area contributed by atoms with Crippen molar-refractivity contribution < 1.29 is 9.59 Å². The van der Waals surface area contributed by atoms with Crippen molar-refractivity contribution in [3.63, 3.8) is 0 Å². The first-order chi connectivity index (χ1) is 11.2. The number of likely N-dealkylation sites (tertiary alicyclic amines) is 1. The number of nitrogens with one attached hydrogen (secondary N) is 1. The van der Waals surface area contributed by atoms with Gasteiger partial charge < -0.3 is 10.2 Å². The Balaban J connectivity index is 1.69. The SMILES string of the molecule is CCCCCNC(=O)C1CC(=O)N(CCCc2ccccc2)C1. The first-order valence-corrected chi connectivity index (χ1v) is 8.80. The van der Waals surface area contributed by atoms with Crippen molar-refractivity contribution in [2.24, 2.45) is 5.92 Å². The van der Waals surface area contributed by atoms with Gasteiger partial charge in [-0.3, -0.25) is 9.59 Å². The van der Waals surface area contributed by atoms with Crippen LogP contribution in [0.5, 0.6) is 0 Å².